The molecule has 6 heteroatoms. The lowest BCUT2D eigenvalue weighted by Crippen LogP contribution is -2.43. The van der Waals surface area contributed by atoms with Crippen molar-refractivity contribution in [1.29, 1.82) is 0 Å². The Morgan fingerprint density at radius 2 is 1.90 bits per heavy atom. The van der Waals surface area contributed by atoms with Gasteiger partial charge in [-0.05, 0) is 40.0 Å². The Balaban J connectivity index is 2.00. The minimum absolute atomic E-state index is 0.249. The first kappa shape index (κ1) is 14.6. The van der Waals surface area contributed by atoms with Crippen molar-refractivity contribution in [3.63, 3.8) is 0 Å². The molecule has 1 saturated heterocycles. The molecule has 1 fully saturated rings. The van der Waals surface area contributed by atoms with E-state index in [0.29, 0.717) is 5.82 Å². The third-order valence-electron chi connectivity index (χ3n) is 3.06. The summed E-state index contributed by atoms with van der Waals surface area (Å²) in [5, 5.41) is 5.59. The van der Waals surface area contributed by atoms with Gasteiger partial charge in [-0.3, -0.25) is 5.32 Å². The smallest absolute Gasteiger partial charge is 0.320 e. The number of nitrogens with one attached hydrogen (secondary N) is 2. The maximum absolute atomic E-state index is 11.8. The topological polar surface area (TPSA) is 70.2 Å². The lowest BCUT2D eigenvalue weighted by atomic mass is 10.1. The number of urea groups is 1. The molecule has 110 valence electrons. The van der Waals surface area contributed by atoms with Crippen LogP contribution in [0.2, 0.25) is 0 Å². The second-order valence-electron chi connectivity index (χ2n) is 6.14. The molecule has 20 heavy (non-hydrogen) atoms. The van der Waals surface area contributed by atoms with Gasteiger partial charge in [0.2, 0.25) is 0 Å². The highest BCUT2D eigenvalue weighted by molar-refractivity contribution is 5.89. The second kappa shape index (κ2) is 6.07. The van der Waals surface area contributed by atoms with Crippen LogP contribution in [0.3, 0.4) is 0 Å². The Morgan fingerprint density at radius 3 is 2.55 bits per heavy atom. The van der Waals surface area contributed by atoms with Gasteiger partial charge in [0.25, 0.3) is 0 Å². The molecule has 2 N–H and O–H groups in total. The molecule has 1 aromatic heterocycles. The molecular formula is C14H23N5O. The van der Waals surface area contributed by atoms with Gasteiger partial charge in [-0.2, -0.15) is 0 Å². The summed E-state index contributed by atoms with van der Waals surface area (Å²) in [6.07, 6.45) is 5.16. The maximum atomic E-state index is 11.8. The summed E-state index contributed by atoms with van der Waals surface area (Å²) in [5.41, 5.74) is -0.271. The predicted molar refractivity (Wildman–Crippen MR) is 80.0 cm³/mol. The van der Waals surface area contributed by atoms with Crippen molar-refractivity contribution in [2.24, 2.45) is 0 Å². The van der Waals surface area contributed by atoms with Crippen molar-refractivity contribution >= 4 is 17.7 Å². The van der Waals surface area contributed by atoms with Gasteiger partial charge < -0.3 is 10.2 Å². The Bertz CT molecular complexity index is 463. The van der Waals surface area contributed by atoms with Crippen molar-refractivity contribution in [2.75, 3.05) is 23.3 Å². The van der Waals surface area contributed by atoms with Gasteiger partial charge in [-0.25, -0.2) is 14.8 Å². The van der Waals surface area contributed by atoms with Crippen molar-refractivity contribution in [3.8, 4) is 0 Å². The van der Waals surface area contributed by atoms with E-state index in [2.05, 4.69) is 25.5 Å². The van der Waals surface area contributed by atoms with Crippen LogP contribution in [0.5, 0.6) is 0 Å². The molecule has 0 aliphatic carbocycles. The third kappa shape index (κ3) is 4.36. The summed E-state index contributed by atoms with van der Waals surface area (Å²) in [7, 11) is 0. The van der Waals surface area contributed by atoms with E-state index < -0.39 is 0 Å². The quantitative estimate of drug-likeness (QED) is 0.870. The minimum atomic E-state index is -0.271. The number of carbonyl (C=O) groups excluding carboxylic acids is 1. The average molecular weight is 277 g/mol. The van der Waals surface area contributed by atoms with E-state index in [9.17, 15) is 4.79 Å². The van der Waals surface area contributed by atoms with Gasteiger partial charge in [0, 0.05) is 24.7 Å². The standard InChI is InChI=1S/C14H23N5O/c1-14(2,3)18-13(20)17-11-9-12(16-10-15-11)19-7-5-4-6-8-19/h9-10H,4-8H2,1-3H3,(H2,15,16,17,18,20). The number of anilines is 2. The number of nitrogens with zero attached hydrogens (tertiary/aromatic N) is 3. The lowest BCUT2D eigenvalue weighted by Gasteiger charge is -2.27. The molecular weight excluding hydrogens is 254 g/mol. The van der Waals surface area contributed by atoms with Crippen molar-refractivity contribution < 1.29 is 4.79 Å². The van der Waals surface area contributed by atoms with Crippen molar-refractivity contribution in [3.05, 3.63) is 12.4 Å². The number of hydrogen-bond acceptors (Lipinski definition) is 4. The van der Waals surface area contributed by atoms with Gasteiger partial charge in [0.05, 0.1) is 0 Å². The van der Waals surface area contributed by atoms with E-state index in [1.165, 1.54) is 25.6 Å². The van der Waals surface area contributed by atoms with Crippen LogP contribution >= 0.6 is 0 Å². The Hall–Kier alpha value is -1.85. The number of aromatic nitrogens is 2. The molecule has 2 amide bonds. The van der Waals surface area contributed by atoms with Gasteiger partial charge in [0.1, 0.15) is 18.0 Å². The maximum Gasteiger partial charge on any atom is 0.320 e. The van der Waals surface area contributed by atoms with E-state index >= 15 is 0 Å². The average Bonchev–Trinajstić information content (AvgIpc) is 2.38. The number of hydrogen-bond donors (Lipinski definition) is 2. The number of piperidine rings is 1. The largest absolute Gasteiger partial charge is 0.356 e. The fraction of sp³-hybridized carbons (Fsp3) is 0.643. The second-order valence-corrected chi connectivity index (χ2v) is 6.14. The number of carbonyl (C=O) groups is 1. The van der Waals surface area contributed by atoms with Crippen LogP contribution in [0.15, 0.2) is 12.4 Å². The molecule has 0 unspecified atom stereocenters. The summed E-state index contributed by atoms with van der Waals surface area (Å²) in [4.78, 5) is 22.4. The molecule has 0 aromatic carbocycles. The monoisotopic (exact) mass is 277 g/mol. The van der Waals surface area contributed by atoms with Crippen LogP contribution < -0.4 is 15.5 Å². The van der Waals surface area contributed by atoms with Crippen LogP contribution in [0.25, 0.3) is 0 Å². The van der Waals surface area contributed by atoms with Crippen LogP contribution in [0.4, 0.5) is 16.4 Å². The van der Waals surface area contributed by atoms with Crippen LogP contribution in [-0.4, -0.2) is 34.6 Å². The summed E-state index contributed by atoms with van der Waals surface area (Å²) in [6.45, 7) is 7.85. The highest BCUT2D eigenvalue weighted by Gasteiger charge is 2.16. The molecule has 1 aromatic rings. The van der Waals surface area contributed by atoms with Crippen LogP contribution in [-0.2, 0) is 0 Å². The molecule has 0 saturated carbocycles. The lowest BCUT2D eigenvalue weighted by molar-refractivity contribution is 0.243. The fourth-order valence-corrected chi connectivity index (χ4v) is 2.20. The summed E-state index contributed by atoms with van der Waals surface area (Å²) in [5.74, 6) is 1.41. The van der Waals surface area contributed by atoms with E-state index in [4.69, 9.17) is 0 Å². The summed E-state index contributed by atoms with van der Waals surface area (Å²) >= 11 is 0. The predicted octanol–water partition coefficient (Wildman–Crippen LogP) is 2.39. The van der Waals surface area contributed by atoms with Gasteiger partial charge in [-0.15, -0.1) is 0 Å². The van der Waals surface area contributed by atoms with Gasteiger partial charge in [-0.1, -0.05) is 0 Å². The highest BCUT2D eigenvalue weighted by Crippen LogP contribution is 2.19. The first-order valence-electron chi connectivity index (χ1n) is 7.10. The molecule has 0 spiro atoms. The van der Waals surface area contributed by atoms with Gasteiger partial charge in [0.15, 0.2) is 0 Å². The van der Waals surface area contributed by atoms with E-state index in [1.54, 1.807) is 0 Å². The zero-order valence-corrected chi connectivity index (χ0v) is 12.4. The SMILES string of the molecule is CC(C)(C)NC(=O)Nc1cc(N2CCCCC2)ncn1. The Morgan fingerprint density at radius 1 is 1.20 bits per heavy atom. The minimum Gasteiger partial charge on any atom is -0.356 e. The van der Waals surface area contributed by atoms with E-state index in [1.807, 2.05) is 26.8 Å². The van der Waals surface area contributed by atoms with Crippen LogP contribution in [0.1, 0.15) is 40.0 Å². The van der Waals surface area contributed by atoms with Crippen LogP contribution in [0, 0.1) is 0 Å². The molecule has 1 aliphatic rings. The molecule has 0 bridgehead atoms. The van der Waals surface area contributed by atoms with Crippen molar-refractivity contribution in [2.45, 2.75) is 45.6 Å². The zero-order valence-electron chi connectivity index (χ0n) is 12.4. The molecule has 2 rings (SSSR count). The summed E-state index contributed by atoms with van der Waals surface area (Å²) < 4.78 is 0. The Labute approximate surface area is 120 Å². The molecule has 6 nitrogen and oxygen atoms in total. The first-order chi connectivity index (χ1) is 9.44. The molecule has 0 radical (unpaired) electrons. The zero-order chi connectivity index (χ0) is 14.6. The highest BCUT2D eigenvalue weighted by atomic mass is 16.2. The van der Waals surface area contributed by atoms with Crippen molar-refractivity contribution in [1.82, 2.24) is 15.3 Å². The van der Waals surface area contributed by atoms with E-state index in [0.717, 1.165) is 18.9 Å². The molecule has 0 atom stereocenters. The first-order valence-corrected chi connectivity index (χ1v) is 7.10. The molecule has 2 heterocycles. The van der Waals surface area contributed by atoms with Gasteiger partial charge >= 0.3 is 6.03 Å². The normalized spacial score (nSPS) is 15.8. The van der Waals surface area contributed by atoms with E-state index in [-0.39, 0.29) is 11.6 Å². The third-order valence-corrected chi connectivity index (χ3v) is 3.06. The fourth-order valence-electron chi connectivity index (χ4n) is 2.20. The Kier molecular flexibility index (Phi) is 4.42. The molecule has 1 aliphatic heterocycles. The number of rotatable bonds is 2. The number of amides is 2. The summed E-state index contributed by atoms with van der Waals surface area (Å²) in [6, 6.07) is 1.58.